The number of nitrogens with one attached hydrogen (secondary N) is 2. The van der Waals surface area contributed by atoms with Gasteiger partial charge in [0.15, 0.2) is 0 Å². The molecule has 1 unspecified atom stereocenters. The molecular weight excluding hydrogens is 285 g/mol. The van der Waals surface area contributed by atoms with Crippen molar-refractivity contribution in [1.29, 1.82) is 0 Å². The zero-order valence-corrected chi connectivity index (χ0v) is 12.0. The van der Waals surface area contributed by atoms with Crippen LogP contribution in [0.5, 0.6) is 5.75 Å². The van der Waals surface area contributed by atoms with E-state index in [0.717, 1.165) is 5.56 Å². The lowest BCUT2D eigenvalue weighted by Gasteiger charge is -2.20. The standard InChI is InChI=1S/C14H19F3N2O2/c1-3-11(10-6-4-5-7-12(10)21-2)19-13(20)8-18-9-14(15,16)17/h4-7,11,18H,3,8-9H2,1-2H3,(H,19,20). The first-order valence-electron chi connectivity index (χ1n) is 6.57. The van der Waals surface area contributed by atoms with Crippen molar-refractivity contribution >= 4 is 5.91 Å². The molecule has 2 N–H and O–H groups in total. The van der Waals surface area contributed by atoms with Crippen molar-refractivity contribution in [3.05, 3.63) is 29.8 Å². The maximum atomic E-state index is 12.0. The number of carbonyl (C=O) groups is 1. The van der Waals surface area contributed by atoms with Gasteiger partial charge in [0.1, 0.15) is 5.75 Å². The third-order valence-corrected chi connectivity index (χ3v) is 2.87. The molecule has 1 amide bonds. The van der Waals surface area contributed by atoms with Gasteiger partial charge >= 0.3 is 6.18 Å². The average molecular weight is 304 g/mol. The van der Waals surface area contributed by atoms with E-state index in [1.807, 2.05) is 25.1 Å². The van der Waals surface area contributed by atoms with E-state index in [2.05, 4.69) is 10.6 Å². The number of hydrogen-bond donors (Lipinski definition) is 2. The predicted molar refractivity (Wildman–Crippen MR) is 73.1 cm³/mol. The third kappa shape index (κ3) is 6.03. The SMILES string of the molecule is CCC(NC(=O)CNCC(F)(F)F)c1ccccc1OC. The fourth-order valence-electron chi connectivity index (χ4n) is 1.92. The molecule has 0 aliphatic rings. The van der Waals surface area contributed by atoms with Crippen LogP contribution in [0.15, 0.2) is 24.3 Å². The van der Waals surface area contributed by atoms with Crippen molar-refractivity contribution in [3.63, 3.8) is 0 Å². The summed E-state index contributed by atoms with van der Waals surface area (Å²) in [6.07, 6.45) is -3.72. The lowest BCUT2D eigenvalue weighted by Crippen LogP contribution is -2.39. The van der Waals surface area contributed by atoms with Crippen molar-refractivity contribution < 1.29 is 22.7 Å². The lowest BCUT2D eigenvalue weighted by atomic mass is 10.0. The number of benzene rings is 1. The van der Waals surface area contributed by atoms with E-state index in [4.69, 9.17) is 4.74 Å². The molecular formula is C14H19F3N2O2. The molecule has 0 aliphatic carbocycles. The Morgan fingerprint density at radius 3 is 2.57 bits per heavy atom. The Morgan fingerprint density at radius 2 is 2.00 bits per heavy atom. The Balaban J connectivity index is 2.59. The fraction of sp³-hybridized carbons (Fsp3) is 0.500. The second-order valence-corrected chi connectivity index (χ2v) is 4.49. The lowest BCUT2D eigenvalue weighted by molar-refractivity contribution is -0.128. The van der Waals surface area contributed by atoms with Gasteiger partial charge in [-0.2, -0.15) is 13.2 Å². The van der Waals surface area contributed by atoms with Crippen molar-refractivity contribution in [2.75, 3.05) is 20.2 Å². The van der Waals surface area contributed by atoms with Crippen LogP contribution in [0.1, 0.15) is 24.9 Å². The van der Waals surface area contributed by atoms with Gasteiger partial charge in [0.2, 0.25) is 5.91 Å². The van der Waals surface area contributed by atoms with Crippen LogP contribution < -0.4 is 15.4 Å². The molecule has 0 aromatic heterocycles. The normalized spacial score (nSPS) is 12.8. The van der Waals surface area contributed by atoms with Gasteiger partial charge in [-0.05, 0) is 12.5 Å². The van der Waals surface area contributed by atoms with Crippen molar-refractivity contribution in [1.82, 2.24) is 10.6 Å². The third-order valence-electron chi connectivity index (χ3n) is 2.87. The number of rotatable bonds is 7. The van der Waals surface area contributed by atoms with Crippen LogP contribution in [0, 0.1) is 0 Å². The van der Waals surface area contributed by atoms with Gasteiger partial charge < -0.3 is 15.4 Å². The molecule has 0 saturated carbocycles. The number of ether oxygens (including phenoxy) is 1. The van der Waals surface area contributed by atoms with Gasteiger partial charge in [-0.3, -0.25) is 4.79 Å². The van der Waals surface area contributed by atoms with E-state index in [-0.39, 0.29) is 12.6 Å². The van der Waals surface area contributed by atoms with E-state index in [1.165, 1.54) is 7.11 Å². The fourth-order valence-corrected chi connectivity index (χ4v) is 1.92. The van der Waals surface area contributed by atoms with Crippen molar-refractivity contribution in [2.24, 2.45) is 0 Å². The highest BCUT2D eigenvalue weighted by atomic mass is 19.4. The first-order chi connectivity index (χ1) is 9.87. The van der Waals surface area contributed by atoms with Gasteiger partial charge in [0.25, 0.3) is 0 Å². The van der Waals surface area contributed by atoms with Gasteiger partial charge in [0, 0.05) is 5.56 Å². The first-order valence-corrected chi connectivity index (χ1v) is 6.57. The number of carbonyl (C=O) groups excluding carboxylic acids is 1. The van der Waals surface area contributed by atoms with Crippen LogP contribution in [-0.2, 0) is 4.79 Å². The summed E-state index contributed by atoms with van der Waals surface area (Å²) in [5, 5.41) is 4.76. The summed E-state index contributed by atoms with van der Waals surface area (Å²) < 4.78 is 41.2. The van der Waals surface area contributed by atoms with Crippen LogP contribution in [0.2, 0.25) is 0 Å². The molecule has 21 heavy (non-hydrogen) atoms. The number of halogens is 3. The number of hydrogen-bond acceptors (Lipinski definition) is 3. The van der Waals surface area contributed by atoms with Crippen LogP contribution in [0.25, 0.3) is 0 Å². The molecule has 0 aliphatic heterocycles. The second kappa shape index (κ2) is 7.87. The van der Waals surface area contributed by atoms with E-state index in [9.17, 15) is 18.0 Å². The van der Waals surface area contributed by atoms with Crippen molar-refractivity contribution in [2.45, 2.75) is 25.6 Å². The zero-order valence-electron chi connectivity index (χ0n) is 12.0. The Bertz CT molecular complexity index is 464. The summed E-state index contributed by atoms with van der Waals surface area (Å²) in [5.41, 5.74) is 0.798. The quantitative estimate of drug-likeness (QED) is 0.813. The van der Waals surface area contributed by atoms with Gasteiger partial charge in [-0.25, -0.2) is 0 Å². The minimum absolute atomic E-state index is 0.304. The number of methoxy groups -OCH3 is 1. The Morgan fingerprint density at radius 1 is 1.33 bits per heavy atom. The topological polar surface area (TPSA) is 50.4 Å². The minimum Gasteiger partial charge on any atom is -0.496 e. The summed E-state index contributed by atoms with van der Waals surface area (Å²) in [6, 6.07) is 6.90. The molecule has 0 radical (unpaired) electrons. The first kappa shape index (κ1) is 17.3. The molecule has 1 aromatic carbocycles. The summed E-state index contributed by atoms with van der Waals surface area (Å²) >= 11 is 0. The summed E-state index contributed by atoms with van der Waals surface area (Å²) in [6.45, 7) is 0.303. The summed E-state index contributed by atoms with van der Waals surface area (Å²) in [7, 11) is 1.53. The molecule has 0 spiro atoms. The van der Waals surface area contributed by atoms with Crippen LogP contribution >= 0.6 is 0 Å². The van der Waals surface area contributed by atoms with Crippen LogP contribution in [0.3, 0.4) is 0 Å². The van der Waals surface area contributed by atoms with E-state index in [0.29, 0.717) is 12.2 Å². The largest absolute Gasteiger partial charge is 0.496 e. The molecule has 0 heterocycles. The van der Waals surface area contributed by atoms with E-state index >= 15 is 0 Å². The Kier molecular flexibility index (Phi) is 6.48. The molecule has 118 valence electrons. The number of para-hydroxylation sites is 1. The highest BCUT2D eigenvalue weighted by Crippen LogP contribution is 2.26. The molecule has 0 bridgehead atoms. The molecule has 4 nitrogen and oxygen atoms in total. The molecule has 1 aromatic rings. The predicted octanol–water partition coefficient (Wildman–Crippen LogP) is 2.41. The van der Waals surface area contributed by atoms with Gasteiger partial charge in [-0.1, -0.05) is 25.1 Å². The highest BCUT2D eigenvalue weighted by molar-refractivity contribution is 5.78. The molecule has 1 atom stereocenters. The number of alkyl halides is 3. The molecule has 0 saturated heterocycles. The van der Waals surface area contributed by atoms with Crippen LogP contribution in [-0.4, -0.2) is 32.3 Å². The Labute approximate surface area is 121 Å². The maximum absolute atomic E-state index is 12.0. The highest BCUT2D eigenvalue weighted by Gasteiger charge is 2.26. The summed E-state index contributed by atoms with van der Waals surface area (Å²) in [4.78, 5) is 11.7. The van der Waals surface area contributed by atoms with Crippen LogP contribution in [0.4, 0.5) is 13.2 Å². The molecule has 0 fully saturated rings. The minimum atomic E-state index is -4.33. The van der Waals surface area contributed by atoms with E-state index < -0.39 is 18.6 Å². The van der Waals surface area contributed by atoms with E-state index in [1.54, 1.807) is 6.07 Å². The van der Waals surface area contributed by atoms with Crippen molar-refractivity contribution in [3.8, 4) is 5.75 Å². The zero-order chi connectivity index (χ0) is 15.9. The Hall–Kier alpha value is -1.76. The van der Waals surface area contributed by atoms with Gasteiger partial charge in [-0.15, -0.1) is 0 Å². The average Bonchev–Trinajstić information content (AvgIpc) is 2.43. The molecule has 7 heteroatoms. The van der Waals surface area contributed by atoms with Gasteiger partial charge in [0.05, 0.1) is 26.2 Å². The number of amides is 1. The maximum Gasteiger partial charge on any atom is 0.401 e. The second-order valence-electron chi connectivity index (χ2n) is 4.49. The smallest absolute Gasteiger partial charge is 0.401 e. The molecule has 1 rings (SSSR count). The monoisotopic (exact) mass is 304 g/mol. The summed E-state index contributed by atoms with van der Waals surface area (Å²) in [5.74, 6) is 0.143.